The second kappa shape index (κ2) is 7.07. The third-order valence-corrected chi connectivity index (χ3v) is 2.57. The van der Waals surface area contributed by atoms with Crippen LogP contribution in [0.25, 0.3) is 6.08 Å². The zero-order valence-corrected chi connectivity index (χ0v) is 10.2. The highest BCUT2D eigenvalue weighted by atomic mass is 16.5. The minimum absolute atomic E-state index is 0.747. The topological polar surface area (TPSA) is 35.2 Å². The van der Waals surface area contributed by atoms with Crippen molar-refractivity contribution in [2.24, 2.45) is 5.73 Å². The molecule has 0 aliphatic heterocycles. The highest BCUT2D eigenvalue weighted by Crippen LogP contribution is 2.21. The summed E-state index contributed by atoms with van der Waals surface area (Å²) >= 11 is 0. The maximum atomic E-state index is 5.45. The van der Waals surface area contributed by atoms with E-state index in [1.807, 2.05) is 6.07 Å². The van der Waals surface area contributed by atoms with Crippen LogP contribution in [0.15, 0.2) is 24.3 Å². The molecule has 0 saturated carbocycles. The number of aryl methyl sites for hydroxylation is 1. The number of benzene rings is 1. The molecule has 2 heteroatoms. The van der Waals surface area contributed by atoms with E-state index in [0.717, 1.165) is 37.1 Å². The van der Waals surface area contributed by atoms with E-state index in [4.69, 9.17) is 10.5 Å². The van der Waals surface area contributed by atoms with Crippen LogP contribution < -0.4 is 10.5 Å². The van der Waals surface area contributed by atoms with E-state index in [2.05, 4.69) is 31.2 Å². The lowest BCUT2D eigenvalue weighted by Gasteiger charge is -2.06. The van der Waals surface area contributed by atoms with Crippen molar-refractivity contribution in [2.75, 3.05) is 13.7 Å². The molecule has 0 bridgehead atoms. The lowest BCUT2D eigenvalue weighted by molar-refractivity contribution is 0.413. The third-order valence-electron chi connectivity index (χ3n) is 2.57. The number of hydrogen-bond donors (Lipinski definition) is 1. The van der Waals surface area contributed by atoms with Crippen LogP contribution in [0.3, 0.4) is 0 Å². The molecule has 88 valence electrons. The zero-order valence-electron chi connectivity index (χ0n) is 10.2. The predicted octanol–water partition coefficient (Wildman–Crippen LogP) is 3.01. The van der Waals surface area contributed by atoms with E-state index in [9.17, 15) is 0 Å². The Morgan fingerprint density at radius 2 is 2.19 bits per heavy atom. The SMILES string of the molecule is CCc1ccc(OC)c(/C=C/CCCN)c1. The standard InChI is InChI=1S/C14H21NO/c1-3-12-8-9-14(16-2)13(11-12)7-5-4-6-10-15/h5,7-9,11H,3-4,6,10,15H2,1-2H3/b7-5+. The van der Waals surface area contributed by atoms with Gasteiger partial charge in [0, 0.05) is 5.56 Å². The van der Waals surface area contributed by atoms with Crippen molar-refractivity contribution in [3.63, 3.8) is 0 Å². The molecule has 1 aromatic carbocycles. The van der Waals surface area contributed by atoms with Gasteiger partial charge in [-0.2, -0.15) is 0 Å². The van der Waals surface area contributed by atoms with Crippen LogP contribution in [-0.4, -0.2) is 13.7 Å². The second-order valence-electron chi connectivity index (χ2n) is 3.76. The molecule has 2 N–H and O–H groups in total. The van der Waals surface area contributed by atoms with E-state index in [0.29, 0.717) is 0 Å². The van der Waals surface area contributed by atoms with Gasteiger partial charge in [-0.25, -0.2) is 0 Å². The number of methoxy groups -OCH3 is 1. The molecule has 1 rings (SSSR count). The van der Waals surface area contributed by atoms with Crippen LogP contribution in [0.1, 0.15) is 30.9 Å². The molecule has 0 spiro atoms. The summed E-state index contributed by atoms with van der Waals surface area (Å²) in [7, 11) is 1.71. The molecule has 0 saturated heterocycles. The van der Waals surface area contributed by atoms with Crippen LogP contribution >= 0.6 is 0 Å². The Bertz CT molecular complexity index is 345. The van der Waals surface area contributed by atoms with Crippen LogP contribution in [0.4, 0.5) is 0 Å². The fourth-order valence-corrected chi connectivity index (χ4v) is 1.58. The first kappa shape index (κ1) is 12.8. The minimum Gasteiger partial charge on any atom is -0.496 e. The lowest BCUT2D eigenvalue weighted by Crippen LogP contribution is -1.96. The summed E-state index contributed by atoms with van der Waals surface area (Å²) < 4.78 is 5.33. The number of hydrogen-bond acceptors (Lipinski definition) is 2. The maximum Gasteiger partial charge on any atom is 0.126 e. The highest BCUT2D eigenvalue weighted by Gasteiger charge is 1.99. The summed E-state index contributed by atoms with van der Waals surface area (Å²) in [5.74, 6) is 0.932. The molecule has 0 amide bonds. The Labute approximate surface area is 98.1 Å². The van der Waals surface area contributed by atoms with Crippen molar-refractivity contribution in [2.45, 2.75) is 26.2 Å². The quantitative estimate of drug-likeness (QED) is 0.746. The smallest absolute Gasteiger partial charge is 0.126 e. The van der Waals surface area contributed by atoms with Crippen molar-refractivity contribution in [1.82, 2.24) is 0 Å². The molecule has 0 unspecified atom stereocenters. The van der Waals surface area contributed by atoms with Crippen molar-refractivity contribution in [3.05, 3.63) is 35.4 Å². The first-order valence-corrected chi connectivity index (χ1v) is 5.85. The molecular weight excluding hydrogens is 198 g/mol. The number of ether oxygens (including phenoxy) is 1. The van der Waals surface area contributed by atoms with Crippen LogP contribution in [-0.2, 0) is 6.42 Å². The Morgan fingerprint density at radius 3 is 2.81 bits per heavy atom. The Balaban J connectivity index is 2.78. The Hall–Kier alpha value is -1.28. The number of nitrogens with two attached hydrogens (primary N) is 1. The van der Waals surface area contributed by atoms with Gasteiger partial charge in [0.05, 0.1) is 7.11 Å². The van der Waals surface area contributed by atoms with E-state index < -0.39 is 0 Å². The van der Waals surface area contributed by atoms with Crippen LogP contribution in [0, 0.1) is 0 Å². The maximum absolute atomic E-state index is 5.45. The molecule has 0 heterocycles. The molecule has 16 heavy (non-hydrogen) atoms. The van der Waals surface area contributed by atoms with Gasteiger partial charge in [0.15, 0.2) is 0 Å². The van der Waals surface area contributed by atoms with Crippen molar-refractivity contribution in [3.8, 4) is 5.75 Å². The van der Waals surface area contributed by atoms with Gasteiger partial charge in [0.1, 0.15) is 5.75 Å². The Morgan fingerprint density at radius 1 is 1.38 bits per heavy atom. The molecule has 0 fully saturated rings. The molecule has 0 aromatic heterocycles. The summed E-state index contributed by atoms with van der Waals surface area (Å²) in [6, 6.07) is 6.31. The number of rotatable bonds is 6. The zero-order chi connectivity index (χ0) is 11.8. The molecular formula is C14H21NO. The van der Waals surface area contributed by atoms with Crippen LogP contribution in [0.2, 0.25) is 0 Å². The van der Waals surface area contributed by atoms with Gasteiger partial charge in [-0.15, -0.1) is 0 Å². The fourth-order valence-electron chi connectivity index (χ4n) is 1.58. The normalized spacial score (nSPS) is 10.9. The Kier molecular flexibility index (Phi) is 5.65. The van der Waals surface area contributed by atoms with Crippen molar-refractivity contribution < 1.29 is 4.74 Å². The summed E-state index contributed by atoms with van der Waals surface area (Å²) in [5, 5.41) is 0. The summed E-state index contributed by atoms with van der Waals surface area (Å²) in [6.07, 6.45) is 7.38. The molecule has 0 aliphatic carbocycles. The van der Waals surface area contributed by atoms with Crippen molar-refractivity contribution in [1.29, 1.82) is 0 Å². The van der Waals surface area contributed by atoms with Gasteiger partial charge < -0.3 is 10.5 Å². The number of allylic oxidation sites excluding steroid dienone is 1. The van der Waals surface area contributed by atoms with E-state index >= 15 is 0 Å². The molecule has 0 aliphatic rings. The summed E-state index contributed by atoms with van der Waals surface area (Å²) in [4.78, 5) is 0. The molecule has 0 atom stereocenters. The third kappa shape index (κ3) is 3.70. The number of unbranched alkanes of at least 4 members (excludes halogenated alkanes) is 1. The molecule has 2 nitrogen and oxygen atoms in total. The van der Waals surface area contributed by atoms with Crippen LogP contribution in [0.5, 0.6) is 5.75 Å². The van der Waals surface area contributed by atoms with Gasteiger partial charge in [0.25, 0.3) is 0 Å². The fraction of sp³-hybridized carbons (Fsp3) is 0.429. The van der Waals surface area contributed by atoms with Crippen molar-refractivity contribution >= 4 is 6.08 Å². The second-order valence-corrected chi connectivity index (χ2v) is 3.76. The first-order valence-electron chi connectivity index (χ1n) is 5.85. The van der Waals surface area contributed by atoms with Gasteiger partial charge in [-0.1, -0.05) is 25.1 Å². The van der Waals surface area contributed by atoms with E-state index in [1.54, 1.807) is 7.11 Å². The van der Waals surface area contributed by atoms with Gasteiger partial charge >= 0.3 is 0 Å². The minimum atomic E-state index is 0.747. The largest absolute Gasteiger partial charge is 0.496 e. The lowest BCUT2D eigenvalue weighted by atomic mass is 10.1. The van der Waals surface area contributed by atoms with Gasteiger partial charge in [-0.05, 0) is 43.5 Å². The van der Waals surface area contributed by atoms with E-state index in [1.165, 1.54) is 5.56 Å². The summed E-state index contributed by atoms with van der Waals surface area (Å²) in [5.41, 5.74) is 7.94. The molecule has 1 aromatic rings. The van der Waals surface area contributed by atoms with Gasteiger partial charge in [0.2, 0.25) is 0 Å². The highest BCUT2D eigenvalue weighted by molar-refractivity contribution is 5.58. The van der Waals surface area contributed by atoms with Gasteiger partial charge in [-0.3, -0.25) is 0 Å². The van der Waals surface area contributed by atoms with E-state index in [-0.39, 0.29) is 0 Å². The summed E-state index contributed by atoms with van der Waals surface area (Å²) in [6.45, 7) is 2.90. The predicted molar refractivity (Wildman–Crippen MR) is 69.7 cm³/mol. The first-order chi connectivity index (χ1) is 7.81. The molecule has 0 radical (unpaired) electrons. The monoisotopic (exact) mass is 219 g/mol. The average molecular weight is 219 g/mol. The average Bonchev–Trinajstić information content (AvgIpc) is 2.34.